The van der Waals surface area contributed by atoms with Crippen LogP contribution in [0.4, 0.5) is 5.69 Å². The molecule has 9 heteroatoms. The molecule has 0 atom stereocenters. The van der Waals surface area contributed by atoms with Crippen molar-refractivity contribution in [3.63, 3.8) is 0 Å². The summed E-state index contributed by atoms with van der Waals surface area (Å²) in [7, 11) is 1.48. The predicted octanol–water partition coefficient (Wildman–Crippen LogP) is 2.50. The lowest BCUT2D eigenvalue weighted by molar-refractivity contribution is -0.385. The molecule has 128 valence electrons. The standard InChI is InChI=1S/C15H19N5O4/c1-11(2)4-5-24-15-7-13(20(21)22)12(6-14(15)23-3)8-18-19-9-16-17-10-19/h6-11H,4-5H2,1-3H3/b18-8-. The number of hydrogen-bond donors (Lipinski definition) is 0. The van der Waals surface area contributed by atoms with E-state index in [2.05, 4.69) is 29.1 Å². The Morgan fingerprint density at radius 3 is 2.62 bits per heavy atom. The summed E-state index contributed by atoms with van der Waals surface area (Å²) in [5, 5.41) is 22.6. The Labute approximate surface area is 139 Å². The van der Waals surface area contributed by atoms with Crippen LogP contribution in [-0.2, 0) is 0 Å². The number of nitro benzene ring substituents is 1. The lowest BCUT2D eigenvalue weighted by Gasteiger charge is -2.12. The van der Waals surface area contributed by atoms with Crippen molar-refractivity contribution in [1.82, 2.24) is 14.9 Å². The molecule has 0 bridgehead atoms. The summed E-state index contributed by atoms with van der Waals surface area (Å²) < 4.78 is 12.2. The van der Waals surface area contributed by atoms with E-state index in [1.807, 2.05) is 0 Å². The van der Waals surface area contributed by atoms with Crippen molar-refractivity contribution >= 4 is 11.9 Å². The lowest BCUT2D eigenvalue weighted by atomic mass is 10.1. The van der Waals surface area contributed by atoms with Crippen molar-refractivity contribution in [2.24, 2.45) is 11.0 Å². The maximum absolute atomic E-state index is 11.3. The van der Waals surface area contributed by atoms with Crippen molar-refractivity contribution in [3.05, 3.63) is 40.5 Å². The van der Waals surface area contributed by atoms with Gasteiger partial charge in [0.1, 0.15) is 12.7 Å². The van der Waals surface area contributed by atoms with E-state index in [-0.39, 0.29) is 5.69 Å². The first-order chi connectivity index (χ1) is 11.5. The first kappa shape index (κ1) is 17.4. The average molecular weight is 333 g/mol. The van der Waals surface area contributed by atoms with Crippen molar-refractivity contribution < 1.29 is 14.4 Å². The molecule has 0 aliphatic heterocycles. The zero-order chi connectivity index (χ0) is 17.5. The zero-order valence-corrected chi connectivity index (χ0v) is 13.7. The van der Waals surface area contributed by atoms with Crippen molar-refractivity contribution in [3.8, 4) is 11.5 Å². The van der Waals surface area contributed by atoms with Gasteiger partial charge < -0.3 is 9.47 Å². The van der Waals surface area contributed by atoms with Crippen LogP contribution in [0.15, 0.2) is 29.9 Å². The summed E-state index contributed by atoms with van der Waals surface area (Å²) in [6.45, 7) is 4.61. The van der Waals surface area contributed by atoms with Crippen molar-refractivity contribution in [1.29, 1.82) is 0 Å². The highest BCUT2D eigenvalue weighted by Gasteiger charge is 2.19. The van der Waals surface area contributed by atoms with E-state index in [0.717, 1.165) is 6.42 Å². The number of nitro groups is 1. The summed E-state index contributed by atoms with van der Waals surface area (Å²) in [6.07, 6.45) is 4.95. The second kappa shape index (κ2) is 8.04. The van der Waals surface area contributed by atoms with Crippen LogP contribution in [0.1, 0.15) is 25.8 Å². The van der Waals surface area contributed by atoms with Gasteiger partial charge in [-0.25, -0.2) is 4.68 Å². The van der Waals surface area contributed by atoms with E-state index < -0.39 is 4.92 Å². The summed E-state index contributed by atoms with van der Waals surface area (Å²) in [5.74, 6) is 1.22. The fraction of sp³-hybridized carbons (Fsp3) is 0.400. The molecule has 0 radical (unpaired) electrons. The molecule has 0 unspecified atom stereocenters. The number of aromatic nitrogens is 3. The molecule has 0 amide bonds. The Kier molecular flexibility index (Phi) is 5.83. The Morgan fingerprint density at radius 2 is 2.04 bits per heavy atom. The summed E-state index contributed by atoms with van der Waals surface area (Å²) in [6, 6.07) is 2.88. The summed E-state index contributed by atoms with van der Waals surface area (Å²) in [4.78, 5) is 10.8. The molecule has 0 aliphatic carbocycles. The van der Waals surface area contributed by atoms with Gasteiger partial charge in [-0.2, -0.15) is 5.10 Å². The predicted molar refractivity (Wildman–Crippen MR) is 87.6 cm³/mol. The first-order valence-electron chi connectivity index (χ1n) is 7.39. The van der Waals surface area contributed by atoms with Gasteiger partial charge in [0.2, 0.25) is 0 Å². The van der Waals surface area contributed by atoms with Gasteiger partial charge in [0, 0.05) is 0 Å². The minimum atomic E-state index is -0.484. The molecule has 1 aromatic carbocycles. The number of rotatable bonds is 8. The molecule has 1 heterocycles. The second-order valence-corrected chi connectivity index (χ2v) is 5.44. The number of ether oxygens (including phenoxy) is 2. The van der Waals surface area contributed by atoms with Crippen LogP contribution in [-0.4, -0.2) is 39.7 Å². The molecule has 0 spiro atoms. The second-order valence-electron chi connectivity index (χ2n) is 5.44. The SMILES string of the molecule is COc1cc(/C=N\n2cnnc2)c([N+](=O)[O-])cc1OCCC(C)C. The molecule has 0 aliphatic rings. The molecule has 0 saturated heterocycles. The van der Waals surface area contributed by atoms with Crippen LogP contribution in [0.2, 0.25) is 0 Å². The van der Waals surface area contributed by atoms with Gasteiger partial charge in [-0.15, -0.1) is 10.2 Å². The Bertz CT molecular complexity index is 713. The number of nitrogens with zero attached hydrogens (tertiary/aromatic N) is 5. The maximum Gasteiger partial charge on any atom is 0.282 e. The molecule has 0 fully saturated rings. The molecular weight excluding hydrogens is 314 g/mol. The van der Waals surface area contributed by atoms with Gasteiger partial charge >= 0.3 is 0 Å². The van der Waals surface area contributed by atoms with E-state index in [9.17, 15) is 10.1 Å². The largest absolute Gasteiger partial charge is 0.493 e. The quantitative estimate of drug-likeness (QED) is 0.417. The molecule has 1 aromatic heterocycles. The highest BCUT2D eigenvalue weighted by molar-refractivity contribution is 5.86. The van der Waals surface area contributed by atoms with Crippen LogP contribution in [0.5, 0.6) is 11.5 Å². The molecule has 2 rings (SSSR count). The molecule has 9 nitrogen and oxygen atoms in total. The van der Waals surface area contributed by atoms with Crippen LogP contribution < -0.4 is 9.47 Å². The number of methoxy groups -OCH3 is 1. The van der Waals surface area contributed by atoms with Crippen molar-refractivity contribution in [2.75, 3.05) is 13.7 Å². The van der Waals surface area contributed by atoms with Crippen LogP contribution >= 0.6 is 0 Å². The third-order valence-corrected chi connectivity index (χ3v) is 3.20. The zero-order valence-electron chi connectivity index (χ0n) is 13.7. The van der Waals surface area contributed by atoms with E-state index in [4.69, 9.17) is 9.47 Å². The van der Waals surface area contributed by atoms with E-state index >= 15 is 0 Å². The average Bonchev–Trinajstić information content (AvgIpc) is 3.05. The van der Waals surface area contributed by atoms with Gasteiger partial charge in [0.25, 0.3) is 5.69 Å². The molecule has 24 heavy (non-hydrogen) atoms. The Morgan fingerprint density at radius 1 is 1.33 bits per heavy atom. The Balaban J connectivity index is 2.31. The third-order valence-electron chi connectivity index (χ3n) is 3.20. The maximum atomic E-state index is 11.3. The van der Waals surface area contributed by atoms with E-state index in [1.165, 1.54) is 42.8 Å². The highest BCUT2D eigenvalue weighted by Crippen LogP contribution is 2.34. The van der Waals surface area contributed by atoms with Crippen molar-refractivity contribution in [2.45, 2.75) is 20.3 Å². The monoisotopic (exact) mass is 333 g/mol. The van der Waals surface area contributed by atoms with Gasteiger partial charge in [-0.1, -0.05) is 13.8 Å². The number of benzene rings is 1. The van der Waals surface area contributed by atoms with Gasteiger partial charge in [0.05, 0.1) is 36.5 Å². The molecule has 0 saturated carbocycles. The fourth-order valence-electron chi connectivity index (χ4n) is 1.89. The Hall–Kier alpha value is -2.97. The normalized spacial score (nSPS) is 11.2. The first-order valence-corrected chi connectivity index (χ1v) is 7.39. The molecule has 0 N–H and O–H groups in total. The smallest absolute Gasteiger partial charge is 0.282 e. The summed E-state index contributed by atoms with van der Waals surface area (Å²) >= 11 is 0. The topological polar surface area (TPSA) is 105 Å². The minimum absolute atomic E-state index is 0.118. The molecular formula is C15H19N5O4. The minimum Gasteiger partial charge on any atom is -0.493 e. The highest BCUT2D eigenvalue weighted by atomic mass is 16.6. The van der Waals surface area contributed by atoms with E-state index in [1.54, 1.807) is 0 Å². The van der Waals surface area contributed by atoms with Crippen LogP contribution in [0, 0.1) is 16.0 Å². The fourth-order valence-corrected chi connectivity index (χ4v) is 1.89. The van der Waals surface area contributed by atoms with Gasteiger partial charge in [-0.3, -0.25) is 10.1 Å². The van der Waals surface area contributed by atoms with Gasteiger partial charge in [0.15, 0.2) is 11.5 Å². The van der Waals surface area contributed by atoms with Crippen LogP contribution in [0.25, 0.3) is 0 Å². The summed E-state index contributed by atoms with van der Waals surface area (Å²) in [5.41, 5.74) is 0.175. The number of hydrogen-bond acceptors (Lipinski definition) is 7. The van der Waals surface area contributed by atoms with Crippen LogP contribution in [0.3, 0.4) is 0 Å². The van der Waals surface area contributed by atoms with Gasteiger partial charge in [-0.05, 0) is 18.4 Å². The van der Waals surface area contributed by atoms with E-state index in [0.29, 0.717) is 29.6 Å². The third kappa shape index (κ3) is 4.51. The lowest BCUT2D eigenvalue weighted by Crippen LogP contribution is -2.04. The molecule has 2 aromatic rings.